The van der Waals surface area contributed by atoms with Crippen LogP contribution in [0.2, 0.25) is 0 Å². The molecule has 1 N–H and O–H groups in total. The number of sulfonamides is 1. The minimum atomic E-state index is -3.41. The van der Waals surface area contributed by atoms with Gasteiger partial charge in [-0.3, -0.25) is 13.9 Å². The Morgan fingerprint density at radius 3 is 2.59 bits per heavy atom. The minimum absolute atomic E-state index is 0.134. The highest BCUT2D eigenvalue weighted by molar-refractivity contribution is 7.92. The number of amides is 2. The lowest BCUT2D eigenvalue weighted by atomic mass is 10.1. The van der Waals surface area contributed by atoms with Crippen LogP contribution in [0.5, 0.6) is 0 Å². The molecular formula is C17H23N3O6S. The number of nitrogens with zero attached hydrogens (tertiary/aromatic N) is 2. The van der Waals surface area contributed by atoms with Crippen molar-refractivity contribution in [2.45, 2.75) is 19.4 Å². The third-order valence-electron chi connectivity index (χ3n) is 4.24. The quantitative estimate of drug-likeness (QED) is 0.663. The number of nitrogens with one attached hydrogen (secondary N) is 1. The van der Waals surface area contributed by atoms with Crippen LogP contribution in [-0.2, 0) is 30.8 Å². The molecule has 1 aliphatic heterocycles. The second-order valence-corrected chi connectivity index (χ2v) is 8.31. The Kier molecular flexibility index (Phi) is 6.09. The molecule has 0 unspecified atom stereocenters. The molecule has 1 atom stereocenters. The van der Waals surface area contributed by atoms with Crippen molar-refractivity contribution in [3.63, 3.8) is 0 Å². The van der Waals surface area contributed by atoms with Crippen LogP contribution in [0.3, 0.4) is 0 Å². The Bertz CT molecular complexity index is 867. The van der Waals surface area contributed by atoms with Crippen molar-refractivity contribution >= 4 is 33.5 Å². The van der Waals surface area contributed by atoms with Gasteiger partial charge in [0.05, 0.1) is 24.1 Å². The van der Waals surface area contributed by atoms with Crippen molar-refractivity contribution in [3.8, 4) is 0 Å². The average Bonchev–Trinajstić information content (AvgIpc) is 2.93. The molecule has 148 valence electrons. The number of hydrogen-bond donors (Lipinski definition) is 1. The van der Waals surface area contributed by atoms with Crippen molar-refractivity contribution in [3.05, 3.63) is 29.3 Å². The number of carbonyl (C=O) groups excluding carboxylic acids is 3. The van der Waals surface area contributed by atoms with E-state index in [1.807, 2.05) is 0 Å². The number of carbonyl (C=O) groups is 3. The van der Waals surface area contributed by atoms with Crippen LogP contribution in [0.15, 0.2) is 18.2 Å². The number of esters is 1. The average molecular weight is 397 g/mol. The molecule has 2 amide bonds. The summed E-state index contributed by atoms with van der Waals surface area (Å²) in [5.41, 5.74) is 1.51. The highest BCUT2D eigenvalue weighted by Gasteiger charge is 2.33. The fraction of sp³-hybridized carbons (Fsp3) is 0.471. The van der Waals surface area contributed by atoms with Crippen LogP contribution in [0.25, 0.3) is 0 Å². The third-order valence-corrected chi connectivity index (χ3v) is 5.51. The Hall–Kier alpha value is -2.62. The summed E-state index contributed by atoms with van der Waals surface area (Å²) in [5, 5.41) is 2.40. The van der Waals surface area contributed by atoms with Crippen molar-refractivity contribution in [1.82, 2.24) is 10.2 Å². The van der Waals surface area contributed by atoms with E-state index in [0.717, 1.165) is 16.7 Å². The molecule has 1 heterocycles. The molecule has 0 saturated heterocycles. The van der Waals surface area contributed by atoms with E-state index in [2.05, 4.69) is 5.32 Å². The summed E-state index contributed by atoms with van der Waals surface area (Å²) in [6.45, 7) is 1.17. The maximum absolute atomic E-state index is 12.2. The summed E-state index contributed by atoms with van der Waals surface area (Å²) in [6.07, 6.45) is 1.62. The summed E-state index contributed by atoms with van der Waals surface area (Å²) in [7, 11) is -0.516. The zero-order valence-corrected chi connectivity index (χ0v) is 16.5. The van der Waals surface area contributed by atoms with Crippen molar-refractivity contribution < 1.29 is 27.5 Å². The summed E-state index contributed by atoms with van der Waals surface area (Å²) in [5.74, 6) is -1.53. The molecule has 0 bridgehead atoms. The smallest absolute Gasteiger partial charge is 0.338 e. The van der Waals surface area contributed by atoms with Crippen molar-refractivity contribution in [2.24, 2.45) is 0 Å². The first kappa shape index (κ1) is 20.7. The lowest BCUT2D eigenvalue weighted by Crippen LogP contribution is -2.39. The SMILES string of the molecule is CNC(=O)CN(C)C(=O)COC(=O)c1ccc2c(c1)C[C@H](C)N2S(C)(=O)=O. The standard InChI is InChI=1S/C17H23N3O6S/c1-11-7-13-8-12(5-6-14(13)20(11)27(4,24)25)17(23)26-10-16(22)19(3)9-15(21)18-2/h5-6,8,11H,7,9-10H2,1-4H3,(H,18,21)/t11-/m0/s1. The number of anilines is 1. The van der Waals surface area contributed by atoms with Gasteiger partial charge in [0.2, 0.25) is 15.9 Å². The number of benzene rings is 1. The van der Waals surface area contributed by atoms with Gasteiger partial charge in [-0.15, -0.1) is 0 Å². The van der Waals surface area contributed by atoms with Crippen molar-refractivity contribution in [1.29, 1.82) is 0 Å². The molecule has 9 nitrogen and oxygen atoms in total. The maximum atomic E-state index is 12.2. The molecule has 2 rings (SSSR count). The Morgan fingerprint density at radius 2 is 2.00 bits per heavy atom. The Morgan fingerprint density at radius 1 is 1.33 bits per heavy atom. The van der Waals surface area contributed by atoms with Gasteiger partial charge in [0.25, 0.3) is 5.91 Å². The van der Waals surface area contributed by atoms with E-state index in [4.69, 9.17) is 4.74 Å². The molecule has 27 heavy (non-hydrogen) atoms. The Balaban J connectivity index is 2.04. The Labute approximate surface area is 158 Å². The zero-order valence-electron chi connectivity index (χ0n) is 15.7. The summed E-state index contributed by atoms with van der Waals surface area (Å²) in [4.78, 5) is 36.5. The molecule has 0 aromatic heterocycles. The van der Waals surface area contributed by atoms with Crippen LogP contribution in [0, 0.1) is 0 Å². The van der Waals surface area contributed by atoms with Gasteiger partial charge >= 0.3 is 5.97 Å². The predicted octanol–water partition coefficient (Wildman–Crippen LogP) is -0.242. The van der Waals surface area contributed by atoms with Gasteiger partial charge in [-0.1, -0.05) is 0 Å². The monoisotopic (exact) mass is 397 g/mol. The minimum Gasteiger partial charge on any atom is -0.452 e. The summed E-state index contributed by atoms with van der Waals surface area (Å²) < 4.78 is 30.2. The van der Waals surface area contributed by atoms with Crippen LogP contribution >= 0.6 is 0 Å². The van der Waals surface area contributed by atoms with Gasteiger partial charge in [0, 0.05) is 20.1 Å². The molecule has 0 spiro atoms. The summed E-state index contributed by atoms with van der Waals surface area (Å²) >= 11 is 0. The number of fused-ring (bicyclic) bond motifs is 1. The van der Waals surface area contributed by atoms with Gasteiger partial charge in [0.15, 0.2) is 6.61 Å². The van der Waals surface area contributed by atoms with E-state index in [1.165, 1.54) is 24.5 Å². The highest BCUT2D eigenvalue weighted by atomic mass is 32.2. The molecule has 1 aromatic carbocycles. The second kappa shape index (κ2) is 7.95. The normalized spacial score (nSPS) is 15.9. The van der Waals surface area contributed by atoms with Crippen LogP contribution in [0.4, 0.5) is 5.69 Å². The largest absolute Gasteiger partial charge is 0.452 e. The van der Waals surface area contributed by atoms with Gasteiger partial charge in [-0.2, -0.15) is 0 Å². The van der Waals surface area contributed by atoms with Gasteiger partial charge in [0.1, 0.15) is 0 Å². The third kappa shape index (κ3) is 4.76. The van der Waals surface area contributed by atoms with E-state index < -0.39 is 28.5 Å². The predicted molar refractivity (Wildman–Crippen MR) is 98.9 cm³/mol. The fourth-order valence-corrected chi connectivity index (χ4v) is 4.20. The first-order valence-electron chi connectivity index (χ1n) is 8.28. The van der Waals surface area contributed by atoms with Gasteiger partial charge in [-0.25, -0.2) is 13.2 Å². The molecule has 1 aliphatic rings. The molecule has 0 saturated carbocycles. The molecule has 10 heteroatoms. The van der Waals surface area contributed by atoms with E-state index in [0.29, 0.717) is 12.1 Å². The first-order valence-corrected chi connectivity index (χ1v) is 10.1. The van der Waals surface area contributed by atoms with Gasteiger partial charge in [-0.05, 0) is 37.1 Å². The van der Waals surface area contributed by atoms with E-state index in [-0.39, 0.29) is 24.1 Å². The number of ether oxygens (including phenoxy) is 1. The maximum Gasteiger partial charge on any atom is 0.338 e. The van der Waals surface area contributed by atoms with E-state index in [9.17, 15) is 22.8 Å². The number of rotatable bonds is 6. The molecule has 0 radical (unpaired) electrons. The lowest BCUT2D eigenvalue weighted by molar-refractivity contribution is -0.137. The first-order chi connectivity index (χ1) is 12.5. The molecule has 1 aromatic rings. The van der Waals surface area contributed by atoms with E-state index >= 15 is 0 Å². The van der Waals surface area contributed by atoms with Crippen LogP contribution in [0.1, 0.15) is 22.8 Å². The number of hydrogen-bond acceptors (Lipinski definition) is 6. The van der Waals surface area contributed by atoms with Gasteiger partial charge < -0.3 is 15.0 Å². The van der Waals surface area contributed by atoms with Crippen molar-refractivity contribution in [2.75, 3.05) is 37.8 Å². The number of likely N-dealkylation sites (N-methyl/N-ethyl adjacent to an activating group) is 2. The van der Waals surface area contributed by atoms with E-state index in [1.54, 1.807) is 19.1 Å². The zero-order chi connectivity index (χ0) is 20.4. The summed E-state index contributed by atoms with van der Waals surface area (Å²) in [6, 6.07) is 4.38. The van der Waals surface area contributed by atoms with Crippen LogP contribution < -0.4 is 9.62 Å². The molecule has 0 aliphatic carbocycles. The van der Waals surface area contributed by atoms with Crippen LogP contribution in [-0.4, -0.2) is 70.6 Å². The molecular weight excluding hydrogens is 374 g/mol. The lowest BCUT2D eigenvalue weighted by Gasteiger charge is -2.21. The fourth-order valence-electron chi connectivity index (χ4n) is 2.94. The topological polar surface area (TPSA) is 113 Å². The molecule has 0 fully saturated rings. The highest BCUT2D eigenvalue weighted by Crippen LogP contribution is 2.34. The second-order valence-electron chi connectivity index (χ2n) is 6.45.